The van der Waals surface area contributed by atoms with E-state index in [0.29, 0.717) is 48.4 Å². The highest BCUT2D eigenvalue weighted by atomic mass is 35.5. The van der Waals surface area contributed by atoms with Crippen molar-refractivity contribution >= 4 is 33.8 Å². The predicted octanol–water partition coefficient (Wildman–Crippen LogP) is 1.80. The smallest absolute Gasteiger partial charge is 0.296 e. The lowest BCUT2D eigenvalue weighted by molar-refractivity contribution is -0.134. The molecule has 0 bridgehead atoms. The number of benzene rings is 1. The molecule has 0 radical (unpaired) electrons. The van der Waals surface area contributed by atoms with E-state index in [2.05, 4.69) is 10.1 Å². The van der Waals surface area contributed by atoms with Crippen molar-refractivity contribution in [3.05, 3.63) is 62.0 Å². The zero-order valence-corrected chi connectivity index (χ0v) is 16.0. The van der Waals surface area contributed by atoms with Crippen LogP contribution in [0.15, 0.2) is 34.4 Å². The molecule has 1 aliphatic heterocycles. The maximum absolute atomic E-state index is 12.5. The van der Waals surface area contributed by atoms with Gasteiger partial charge in [0.15, 0.2) is 0 Å². The summed E-state index contributed by atoms with van der Waals surface area (Å²) in [5.74, 6) is 0.0196. The van der Waals surface area contributed by atoms with Crippen LogP contribution in [0.2, 0.25) is 5.02 Å². The number of morpholine rings is 1. The van der Waals surface area contributed by atoms with E-state index >= 15 is 0 Å². The first-order valence-electron chi connectivity index (χ1n) is 8.57. The molecule has 3 heterocycles. The van der Waals surface area contributed by atoms with Gasteiger partial charge in [-0.3, -0.25) is 9.59 Å². The molecular formula is C18H17ClN4O3S. The fraction of sp³-hybridized carbons (Fsp3) is 0.333. The Labute approximate surface area is 164 Å². The topological polar surface area (TPSA) is 76.8 Å². The van der Waals surface area contributed by atoms with Gasteiger partial charge in [-0.2, -0.15) is 10.1 Å². The van der Waals surface area contributed by atoms with Gasteiger partial charge in [0.1, 0.15) is 5.69 Å². The average molecular weight is 405 g/mol. The fourth-order valence-corrected chi connectivity index (χ4v) is 3.99. The van der Waals surface area contributed by atoms with Gasteiger partial charge in [-0.05, 0) is 11.6 Å². The summed E-state index contributed by atoms with van der Waals surface area (Å²) >= 11 is 7.50. The lowest BCUT2D eigenvalue weighted by atomic mass is 10.1. The highest BCUT2D eigenvalue weighted by Crippen LogP contribution is 2.18. The van der Waals surface area contributed by atoms with Crippen molar-refractivity contribution in [2.24, 2.45) is 0 Å². The summed E-state index contributed by atoms with van der Waals surface area (Å²) in [6.45, 7) is 2.31. The first kappa shape index (κ1) is 18.1. The Morgan fingerprint density at radius 2 is 2.04 bits per heavy atom. The number of thiazole rings is 1. The van der Waals surface area contributed by atoms with E-state index in [1.54, 1.807) is 15.5 Å². The molecule has 1 saturated heterocycles. The number of carbonyl (C=O) groups excluding carboxylic acids is 1. The van der Waals surface area contributed by atoms with Gasteiger partial charge < -0.3 is 9.64 Å². The van der Waals surface area contributed by atoms with Crippen LogP contribution in [0.1, 0.15) is 17.0 Å². The number of carbonyl (C=O) groups is 1. The number of fused-ring (bicyclic) bond motifs is 1. The molecule has 1 aromatic carbocycles. The SMILES string of the molecule is O=C(Cc1csc2nc(=O)c(Cc3ccccc3Cl)nn12)N1CCOCC1. The van der Waals surface area contributed by atoms with E-state index in [1.807, 2.05) is 23.6 Å². The van der Waals surface area contributed by atoms with E-state index < -0.39 is 0 Å². The minimum absolute atomic E-state index is 0.0196. The Bertz CT molecular complexity index is 1040. The van der Waals surface area contributed by atoms with Crippen LogP contribution in [-0.2, 0) is 22.4 Å². The standard InChI is InChI=1S/C18H17ClN4O3S/c19-14-4-2-1-3-12(14)9-15-17(25)20-18-23(21-15)13(11-27-18)10-16(24)22-5-7-26-8-6-22/h1-4,11H,5-10H2. The van der Waals surface area contributed by atoms with E-state index in [4.69, 9.17) is 16.3 Å². The second kappa shape index (κ2) is 7.75. The third kappa shape index (κ3) is 3.87. The summed E-state index contributed by atoms with van der Waals surface area (Å²) in [6.07, 6.45) is 0.504. The van der Waals surface area contributed by atoms with Gasteiger partial charge in [0.2, 0.25) is 10.9 Å². The Hall–Kier alpha value is -2.29. The largest absolute Gasteiger partial charge is 0.378 e. The van der Waals surface area contributed by atoms with Crippen LogP contribution in [0.5, 0.6) is 0 Å². The highest BCUT2D eigenvalue weighted by molar-refractivity contribution is 7.15. The summed E-state index contributed by atoms with van der Waals surface area (Å²) in [5, 5.41) is 6.87. The molecule has 7 nitrogen and oxygen atoms in total. The van der Waals surface area contributed by atoms with Crippen molar-refractivity contribution in [2.75, 3.05) is 26.3 Å². The monoisotopic (exact) mass is 404 g/mol. The molecule has 140 valence electrons. The van der Waals surface area contributed by atoms with Gasteiger partial charge in [0.25, 0.3) is 5.56 Å². The molecule has 0 spiro atoms. The Morgan fingerprint density at radius 3 is 2.81 bits per heavy atom. The van der Waals surface area contributed by atoms with Crippen LogP contribution in [0.4, 0.5) is 0 Å². The number of nitrogens with zero attached hydrogens (tertiary/aromatic N) is 4. The van der Waals surface area contributed by atoms with E-state index in [9.17, 15) is 9.59 Å². The number of ether oxygens (including phenoxy) is 1. The van der Waals surface area contributed by atoms with Crippen molar-refractivity contribution in [1.29, 1.82) is 0 Å². The number of rotatable bonds is 4. The minimum atomic E-state index is -0.372. The normalized spacial score (nSPS) is 14.6. The van der Waals surface area contributed by atoms with Crippen LogP contribution >= 0.6 is 22.9 Å². The first-order chi connectivity index (χ1) is 13.1. The fourth-order valence-electron chi connectivity index (χ4n) is 2.97. The lowest BCUT2D eigenvalue weighted by Crippen LogP contribution is -2.41. The molecule has 27 heavy (non-hydrogen) atoms. The molecule has 0 N–H and O–H groups in total. The van der Waals surface area contributed by atoms with Gasteiger partial charge in [0.05, 0.1) is 25.3 Å². The number of hydrogen-bond donors (Lipinski definition) is 0. The molecule has 4 rings (SSSR count). The maximum atomic E-state index is 12.5. The van der Waals surface area contributed by atoms with Gasteiger partial charge in [-0.15, -0.1) is 11.3 Å². The van der Waals surface area contributed by atoms with E-state index in [1.165, 1.54) is 11.3 Å². The highest BCUT2D eigenvalue weighted by Gasteiger charge is 2.20. The Kier molecular flexibility index (Phi) is 5.20. The Balaban J connectivity index is 1.62. The first-order valence-corrected chi connectivity index (χ1v) is 9.83. The zero-order chi connectivity index (χ0) is 18.8. The van der Waals surface area contributed by atoms with Crippen molar-refractivity contribution in [3.63, 3.8) is 0 Å². The van der Waals surface area contributed by atoms with Crippen molar-refractivity contribution < 1.29 is 9.53 Å². The molecule has 9 heteroatoms. The third-order valence-electron chi connectivity index (χ3n) is 4.43. The number of hydrogen-bond acceptors (Lipinski definition) is 6. The second-order valence-electron chi connectivity index (χ2n) is 6.22. The molecular weight excluding hydrogens is 388 g/mol. The van der Waals surface area contributed by atoms with Crippen molar-refractivity contribution in [3.8, 4) is 0 Å². The molecule has 0 aliphatic carbocycles. The van der Waals surface area contributed by atoms with Crippen molar-refractivity contribution in [2.45, 2.75) is 12.8 Å². The summed E-state index contributed by atoms with van der Waals surface area (Å²) in [4.78, 5) is 31.2. The summed E-state index contributed by atoms with van der Waals surface area (Å²) < 4.78 is 6.88. The van der Waals surface area contributed by atoms with Crippen molar-refractivity contribution in [1.82, 2.24) is 19.5 Å². The van der Waals surface area contributed by atoms with Gasteiger partial charge in [-0.25, -0.2) is 4.52 Å². The van der Waals surface area contributed by atoms with Gasteiger partial charge in [0, 0.05) is 29.9 Å². The average Bonchev–Trinajstić information content (AvgIpc) is 3.06. The molecule has 3 aromatic rings. The minimum Gasteiger partial charge on any atom is -0.378 e. The number of aromatic nitrogens is 3. The lowest BCUT2D eigenvalue weighted by Gasteiger charge is -2.26. The molecule has 1 aliphatic rings. The Morgan fingerprint density at radius 1 is 1.26 bits per heavy atom. The van der Waals surface area contributed by atoms with Crippen LogP contribution in [0, 0.1) is 0 Å². The molecule has 1 fully saturated rings. The summed E-state index contributed by atoms with van der Waals surface area (Å²) in [5.41, 5.74) is 1.47. The van der Waals surface area contributed by atoms with Crippen LogP contribution in [-0.4, -0.2) is 51.7 Å². The molecule has 0 saturated carbocycles. The van der Waals surface area contributed by atoms with Gasteiger partial charge in [-0.1, -0.05) is 29.8 Å². The van der Waals surface area contributed by atoms with Crippen LogP contribution < -0.4 is 5.56 Å². The number of amides is 1. The van der Waals surface area contributed by atoms with E-state index in [-0.39, 0.29) is 17.9 Å². The second-order valence-corrected chi connectivity index (χ2v) is 7.47. The number of halogens is 1. The quantitative estimate of drug-likeness (QED) is 0.662. The third-order valence-corrected chi connectivity index (χ3v) is 5.66. The van der Waals surface area contributed by atoms with Gasteiger partial charge >= 0.3 is 0 Å². The summed E-state index contributed by atoms with van der Waals surface area (Å²) in [6, 6.07) is 7.33. The predicted molar refractivity (Wildman–Crippen MR) is 102 cm³/mol. The maximum Gasteiger partial charge on any atom is 0.296 e. The zero-order valence-electron chi connectivity index (χ0n) is 14.4. The molecule has 0 atom stereocenters. The molecule has 2 aromatic heterocycles. The van der Waals surface area contributed by atoms with Crippen LogP contribution in [0.3, 0.4) is 0 Å². The molecule has 1 amide bonds. The van der Waals surface area contributed by atoms with Crippen LogP contribution in [0.25, 0.3) is 4.96 Å². The summed E-state index contributed by atoms with van der Waals surface area (Å²) in [7, 11) is 0. The molecule has 0 unspecified atom stereocenters. The van der Waals surface area contributed by atoms with E-state index in [0.717, 1.165) is 11.3 Å².